The van der Waals surface area contributed by atoms with Crippen molar-refractivity contribution in [1.82, 2.24) is 0 Å². The summed E-state index contributed by atoms with van der Waals surface area (Å²) in [6.45, 7) is 1.37. The lowest BCUT2D eigenvalue weighted by Gasteiger charge is -2.05. The molecule has 0 saturated carbocycles. The van der Waals surface area contributed by atoms with E-state index in [0.29, 0.717) is 37.9 Å². The van der Waals surface area contributed by atoms with Crippen molar-refractivity contribution in [2.75, 3.05) is 12.4 Å². The van der Waals surface area contributed by atoms with E-state index in [-0.39, 0.29) is 5.12 Å². The molecule has 1 unspecified atom stereocenters. The third-order valence-electron chi connectivity index (χ3n) is 1.86. The van der Waals surface area contributed by atoms with E-state index in [1.54, 1.807) is 0 Å². The normalized spacial score (nSPS) is 12.8. The van der Waals surface area contributed by atoms with Crippen LogP contribution >= 0.6 is 11.8 Å². The van der Waals surface area contributed by atoms with Gasteiger partial charge in [-0.15, -0.1) is 0 Å². The highest BCUT2D eigenvalue weighted by Crippen LogP contribution is 2.13. The zero-order chi connectivity index (χ0) is 10.8. The van der Waals surface area contributed by atoms with Crippen LogP contribution in [0, 0.1) is 0 Å². The smallest absolute Gasteiger partial charge is 0.188 e. The molecule has 1 atom stereocenters. The summed E-state index contributed by atoms with van der Waals surface area (Å²) < 4.78 is 24.6. The van der Waals surface area contributed by atoms with Crippen LogP contribution in [-0.2, 0) is 4.79 Å². The average Bonchev–Trinajstić information content (AvgIpc) is 2.21. The molecule has 0 aliphatic heterocycles. The fraction of sp³-hybridized carbons (Fsp3) is 0.900. The van der Waals surface area contributed by atoms with E-state index in [2.05, 4.69) is 0 Å². The minimum Gasteiger partial charge on any atom is -0.287 e. The van der Waals surface area contributed by atoms with E-state index >= 15 is 0 Å². The van der Waals surface area contributed by atoms with Gasteiger partial charge in [-0.05, 0) is 25.7 Å². The van der Waals surface area contributed by atoms with Crippen molar-refractivity contribution in [3.05, 3.63) is 0 Å². The molecule has 0 spiro atoms. The molecular weight excluding hydrogens is 206 g/mol. The van der Waals surface area contributed by atoms with Gasteiger partial charge in [0.15, 0.2) is 5.12 Å². The molecular formula is C10H18F2OS. The molecule has 0 aliphatic carbocycles. The Hall–Kier alpha value is -0.120. The van der Waals surface area contributed by atoms with Crippen molar-refractivity contribution in [3.63, 3.8) is 0 Å². The molecule has 0 heterocycles. The van der Waals surface area contributed by atoms with Crippen molar-refractivity contribution in [2.24, 2.45) is 0 Å². The molecule has 0 rings (SSSR count). The molecule has 0 aliphatic rings. The lowest BCUT2D eigenvalue weighted by molar-refractivity contribution is -0.110. The Labute approximate surface area is 88.6 Å². The van der Waals surface area contributed by atoms with Crippen LogP contribution in [0.4, 0.5) is 8.78 Å². The highest BCUT2D eigenvalue weighted by atomic mass is 32.2. The predicted molar refractivity (Wildman–Crippen MR) is 57.1 cm³/mol. The molecule has 0 N–H and O–H groups in total. The average molecular weight is 224 g/mol. The molecule has 84 valence electrons. The summed E-state index contributed by atoms with van der Waals surface area (Å²) in [5.74, 6) is 0.683. The first-order valence-corrected chi connectivity index (χ1v) is 6.05. The van der Waals surface area contributed by atoms with Crippen molar-refractivity contribution in [3.8, 4) is 0 Å². The molecule has 0 aromatic heterocycles. The summed E-state index contributed by atoms with van der Waals surface area (Å²) in [6, 6.07) is 0. The first-order chi connectivity index (χ1) is 6.70. The second kappa shape index (κ2) is 9.44. The number of carbonyl (C=O) groups excluding carboxylic acids is 1. The van der Waals surface area contributed by atoms with Crippen LogP contribution in [0.25, 0.3) is 0 Å². The van der Waals surface area contributed by atoms with Gasteiger partial charge in [-0.3, -0.25) is 9.18 Å². The molecule has 0 fully saturated rings. The first-order valence-electron chi connectivity index (χ1n) is 5.06. The number of rotatable bonds is 8. The van der Waals surface area contributed by atoms with E-state index in [9.17, 15) is 13.6 Å². The van der Waals surface area contributed by atoms with Gasteiger partial charge < -0.3 is 0 Å². The quantitative estimate of drug-likeness (QED) is 0.587. The fourth-order valence-corrected chi connectivity index (χ4v) is 1.78. The van der Waals surface area contributed by atoms with Gasteiger partial charge in [-0.25, -0.2) is 4.39 Å². The lowest BCUT2D eigenvalue weighted by Crippen LogP contribution is -2.02. The lowest BCUT2D eigenvalue weighted by atomic mass is 10.1. The molecule has 0 radical (unpaired) electrons. The number of thioether (sulfide) groups is 1. The molecule has 1 nitrogen and oxygen atoms in total. The van der Waals surface area contributed by atoms with Crippen molar-refractivity contribution in [1.29, 1.82) is 0 Å². The van der Waals surface area contributed by atoms with E-state index in [1.807, 2.05) is 6.92 Å². The van der Waals surface area contributed by atoms with E-state index in [0.717, 1.165) is 0 Å². The van der Waals surface area contributed by atoms with Gasteiger partial charge in [-0.2, -0.15) is 0 Å². The Morgan fingerprint density at radius 3 is 2.57 bits per heavy atom. The SMILES string of the molecule is CCC(=O)SCCCC(F)CCCF. The van der Waals surface area contributed by atoms with Gasteiger partial charge >= 0.3 is 0 Å². The highest BCUT2D eigenvalue weighted by molar-refractivity contribution is 8.13. The zero-order valence-corrected chi connectivity index (χ0v) is 9.42. The molecule has 0 aromatic carbocycles. The van der Waals surface area contributed by atoms with E-state index < -0.39 is 12.8 Å². The van der Waals surface area contributed by atoms with Crippen LogP contribution in [0.2, 0.25) is 0 Å². The Balaban J connectivity index is 3.22. The Morgan fingerprint density at radius 1 is 1.36 bits per heavy atom. The van der Waals surface area contributed by atoms with E-state index in [1.165, 1.54) is 11.8 Å². The third kappa shape index (κ3) is 8.48. The number of hydrogen-bond acceptors (Lipinski definition) is 2. The monoisotopic (exact) mass is 224 g/mol. The summed E-state index contributed by atoms with van der Waals surface area (Å²) in [5, 5.41) is 0.157. The Morgan fingerprint density at radius 2 is 2.00 bits per heavy atom. The molecule has 14 heavy (non-hydrogen) atoms. The molecule has 4 heteroatoms. The van der Waals surface area contributed by atoms with Crippen molar-refractivity contribution < 1.29 is 13.6 Å². The van der Waals surface area contributed by atoms with Crippen molar-refractivity contribution in [2.45, 2.75) is 45.2 Å². The third-order valence-corrected chi connectivity index (χ3v) is 2.97. The fourth-order valence-electron chi connectivity index (χ4n) is 1.04. The van der Waals surface area contributed by atoms with Crippen LogP contribution in [0.15, 0.2) is 0 Å². The number of halogens is 2. The second-order valence-corrected chi connectivity index (χ2v) is 4.30. The van der Waals surface area contributed by atoms with Gasteiger partial charge in [0.05, 0.1) is 6.67 Å². The maximum Gasteiger partial charge on any atom is 0.188 e. The summed E-state index contributed by atoms with van der Waals surface area (Å²) in [5.41, 5.74) is 0. The van der Waals surface area contributed by atoms with Gasteiger partial charge in [0.2, 0.25) is 0 Å². The van der Waals surface area contributed by atoms with Crippen LogP contribution < -0.4 is 0 Å². The number of carbonyl (C=O) groups is 1. The van der Waals surface area contributed by atoms with Gasteiger partial charge in [-0.1, -0.05) is 18.7 Å². The Kier molecular flexibility index (Phi) is 9.35. The summed E-state index contributed by atoms with van der Waals surface area (Å²) >= 11 is 1.26. The zero-order valence-electron chi connectivity index (χ0n) is 8.60. The number of hydrogen-bond donors (Lipinski definition) is 0. The standard InChI is InChI=1S/C10H18F2OS/c1-2-10(13)14-8-4-6-9(12)5-3-7-11/h9H,2-8H2,1H3. The maximum atomic E-state index is 12.9. The maximum absolute atomic E-state index is 12.9. The van der Waals surface area contributed by atoms with Crippen LogP contribution in [0.3, 0.4) is 0 Å². The minimum atomic E-state index is -0.900. The van der Waals surface area contributed by atoms with Gasteiger partial charge in [0, 0.05) is 12.2 Å². The summed E-state index contributed by atoms with van der Waals surface area (Å²) in [4.78, 5) is 10.8. The molecule has 0 aromatic rings. The van der Waals surface area contributed by atoms with Crippen LogP contribution in [0.1, 0.15) is 39.0 Å². The predicted octanol–water partition coefficient (Wildman–Crippen LogP) is 3.52. The molecule has 0 amide bonds. The first kappa shape index (κ1) is 13.9. The Bertz CT molecular complexity index is 153. The van der Waals surface area contributed by atoms with Crippen LogP contribution in [-0.4, -0.2) is 23.7 Å². The molecule has 0 bridgehead atoms. The summed E-state index contributed by atoms with van der Waals surface area (Å²) in [7, 11) is 0. The van der Waals surface area contributed by atoms with E-state index in [4.69, 9.17) is 0 Å². The van der Waals surface area contributed by atoms with Gasteiger partial charge in [0.25, 0.3) is 0 Å². The number of alkyl halides is 2. The topological polar surface area (TPSA) is 17.1 Å². The molecule has 0 saturated heterocycles. The second-order valence-electron chi connectivity index (χ2n) is 3.14. The summed E-state index contributed by atoms with van der Waals surface area (Å²) in [6.07, 6.45) is 1.40. The largest absolute Gasteiger partial charge is 0.287 e. The highest BCUT2D eigenvalue weighted by Gasteiger charge is 2.06. The van der Waals surface area contributed by atoms with Crippen LogP contribution in [0.5, 0.6) is 0 Å². The van der Waals surface area contributed by atoms with Gasteiger partial charge in [0.1, 0.15) is 6.17 Å². The van der Waals surface area contributed by atoms with Crippen molar-refractivity contribution >= 4 is 16.9 Å². The minimum absolute atomic E-state index is 0.157.